The lowest BCUT2D eigenvalue weighted by Crippen LogP contribution is -2.26. The molecule has 0 saturated carbocycles. The highest BCUT2D eigenvalue weighted by Crippen LogP contribution is 2.30. The number of carbonyl (C=O) groups excluding carboxylic acids is 4. The lowest BCUT2D eigenvalue weighted by Gasteiger charge is -2.19. The second kappa shape index (κ2) is 14.1. The molecule has 0 aliphatic heterocycles. The number of benzene rings is 1. The second-order valence-electron chi connectivity index (χ2n) is 8.04. The SMILES string of the molecule is COC(=O)CC(C)OC(=O)c1c(O)cc(O)cc1CC(C)OC(=O)CC(C)OC(=O)CC(O)CO. The standard InChI is InChI=1S/C23H32O12/c1-12(33-20(29)7-13(2)34-21(30)10-17(26)11-24)5-15-8-16(25)9-18(27)22(15)23(31)35-14(3)6-19(28)32-4/h8-9,12-14,17,24-27H,5-7,10-11H2,1-4H3. The third kappa shape index (κ3) is 10.6. The monoisotopic (exact) mass is 500 g/mol. The van der Waals surface area contributed by atoms with Gasteiger partial charge >= 0.3 is 23.9 Å². The van der Waals surface area contributed by atoms with Gasteiger partial charge < -0.3 is 39.4 Å². The van der Waals surface area contributed by atoms with E-state index in [-0.39, 0.29) is 36.1 Å². The number of methoxy groups -OCH3 is 1. The molecule has 4 unspecified atom stereocenters. The number of hydrogen-bond donors (Lipinski definition) is 4. The molecule has 0 bridgehead atoms. The van der Waals surface area contributed by atoms with E-state index in [1.807, 2.05) is 0 Å². The molecular formula is C23H32O12. The zero-order valence-electron chi connectivity index (χ0n) is 20.1. The van der Waals surface area contributed by atoms with Crippen molar-refractivity contribution >= 4 is 23.9 Å². The molecule has 0 aliphatic carbocycles. The molecule has 4 atom stereocenters. The number of phenols is 2. The van der Waals surface area contributed by atoms with Crippen LogP contribution in [0.25, 0.3) is 0 Å². The topological polar surface area (TPSA) is 186 Å². The van der Waals surface area contributed by atoms with Gasteiger partial charge in [0, 0.05) is 12.5 Å². The van der Waals surface area contributed by atoms with Crippen LogP contribution >= 0.6 is 0 Å². The highest BCUT2D eigenvalue weighted by Gasteiger charge is 2.25. The minimum Gasteiger partial charge on any atom is -0.508 e. The summed E-state index contributed by atoms with van der Waals surface area (Å²) in [5.74, 6) is -3.94. The molecule has 0 saturated heterocycles. The number of carbonyl (C=O) groups is 4. The minimum absolute atomic E-state index is 0.0830. The molecule has 1 aromatic rings. The summed E-state index contributed by atoms with van der Waals surface area (Å²) in [5.41, 5.74) is -0.123. The summed E-state index contributed by atoms with van der Waals surface area (Å²) in [6.45, 7) is 3.83. The van der Waals surface area contributed by atoms with Crippen LogP contribution in [0.4, 0.5) is 0 Å². The largest absolute Gasteiger partial charge is 0.508 e. The molecule has 0 aromatic heterocycles. The van der Waals surface area contributed by atoms with Crippen LogP contribution < -0.4 is 0 Å². The zero-order valence-corrected chi connectivity index (χ0v) is 20.1. The van der Waals surface area contributed by atoms with Gasteiger partial charge in [-0.05, 0) is 32.4 Å². The molecule has 0 fully saturated rings. The molecule has 1 aromatic carbocycles. The highest BCUT2D eigenvalue weighted by molar-refractivity contribution is 5.94. The Kier molecular flexibility index (Phi) is 12.0. The van der Waals surface area contributed by atoms with E-state index in [2.05, 4.69) is 4.74 Å². The van der Waals surface area contributed by atoms with Gasteiger partial charge in [-0.1, -0.05) is 0 Å². The summed E-state index contributed by atoms with van der Waals surface area (Å²) in [7, 11) is 1.19. The van der Waals surface area contributed by atoms with Crippen molar-refractivity contribution in [2.45, 2.75) is 70.9 Å². The van der Waals surface area contributed by atoms with Gasteiger partial charge in [0.15, 0.2) is 0 Å². The van der Waals surface area contributed by atoms with Crippen molar-refractivity contribution in [1.82, 2.24) is 0 Å². The Bertz CT molecular complexity index is 897. The van der Waals surface area contributed by atoms with Crippen molar-refractivity contribution in [3.05, 3.63) is 23.3 Å². The van der Waals surface area contributed by atoms with E-state index in [9.17, 15) is 34.5 Å². The summed E-state index contributed by atoms with van der Waals surface area (Å²) in [6.07, 6.45) is -4.80. The summed E-state index contributed by atoms with van der Waals surface area (Å²) < 4.78 is 20.0. The van der Waals surface area contributed by atoms with Crippen molar-refractivity contribution in [2.75, 3.05) is 13.7 Å². The van der Waals surface area contributed by atoms with Crippen molar-refractivity contribution in [3.8, 4) is 11.5 Å². The summed E-state index contributed by atoms with van der Waals surface area (Å²) in [4.78, 5) is 47.8. The molecule has 35 heavy (non-hydrogen) atoms. The highest BCUT2D eigenvalue weighted by atomic mass is 16.6. The first-order valence-corrected chi connectivity index (χ1v) is 10.9. The predicted molar refractivity (Wildman–Crippen MR) is 118 cm³/mol. The van der Waals surface area contributed by atoms with E-state index < -0.39 is 67.1 Å². The van der Waals surface area contributed by atoms with Crippen LogP contribution in [0.15, 0.2) is 12.1 Å². The Balaban J connectivity index is 2.79. The summed E-state index contributed by atoms with van der Waals surface area (Å²) in [6, 6.07) is 2.16. The second-order valence-corrected chi connectivity index (χ2v) is 8.04. The van der Waals surface area contributed by atoms with Crippen LogP contribution in [0.1, 0.15) is 56.0 Å². The number of rotatable bonds is 13. The summed E-state index contributed by atoms with van der Waals surface area (Å²) in [5, 5.41) is 38.1. The maximum atomic E-state index is 12.6. The first kappa shape index (κ1) is 29.7. The third-order valence-electron chi connectivity index (χ3n) is 4.62. The van der Waals surface area contributed by atoms with Gasteiger partial charge in [-0.25, -0.2) is 4.79 Å². The van der Waals surface area contributed by atoms with Gasteiger partial charge in [0.2, 0.25) is 0 Å². The van der Waals surface area contributed by atoms with Gasteiger partial charge in [-0.2, -0.15) is 0 Å². The molecule has 0 heterocycles. The first-order valence-electron chi connectivity index (χ1n) is 10.9. The molecule has 4 N–H and O–H groups in total. The van der Waals surface area contributed by atoms with Crippen molar-refractivity contribution in [3.63, 3.8) is 0 Å². The maximum absolute atomic E-state index is 12.6. The fraction of sp³-hybridized carbons (Fsp3) is 0.565. The molecule has 1 rings (SSSR count). The van der Waals surface area contributed by atoms with E-state index in [0.717, 1.165) is 6.07 Å². The molecule has 12 nitrogen and oxygen atoms in total. The number of aliphatic hydroxyl groups excluding tert-OH is 2. The van der Waals surface area contributed by atoms with Gasteiger partial charge in [0.05, 0.1) is 39.1 Å². The fourth-order valence-electron chi connectivity index (χ4n) is 3.10. The van der Waals surface area contributed by atoms with Crippen molar-refractivity contribution in [1.29, 1.82) is 0 Å². The number of ether oxygens (including phenoxy) is 4. The Labute approximate surface area is 202 Å². The van der Waals surface area contributed by atoms with E-state index >= 15 is 0 Å². The van der Waals surface area contributed by atoms with Crippen LogP contribution in [0, 0.1) is 0 Å². The van der Waals surface area contributed by atoms with Crippen LogP contribution in [-0.2, 0) is 39.8 Å². The number of aliphatic hydroxyl groups is 2. The van der Waals surface area contributed by atoms with E-state index in [1.54, 1.807) is 0 Å². The minimum atomic E-state index is -1.26. The maximum Gasteiger partial charge on any atom is 0.342 e. The molecule has 12 heteroatoms. The van der Waals surface area contributed by atoms with Gasteiger partial charge in [-0.3, -0.25) is 14.4 Å². The Morgan fingerprint density at radius 2 is 1.37 bits per heavy atom. The fourth-order valence-corrected chi connectivity index (χ4v) is 3.10. The van der Waals surface area contributed by atoms with Crippen LogP contribution in [0.2, 0.25) is 0 Å². The predicted octanol–water partition coefficient (Wildman–Crippen LogP) is 0.745. The Morgan fingerprint density at radius 1 is 0.829 bits per heavy atom. The number of esters is 4. The normalized spacial score (nSPS) is 14.2. The number of phenolic OH excluding ortho intramolecular Hbond substituents is 2. The van der Waals surface area contributed by atoms with Crippen molar-refractivity contribution in [2.24, 2.45) is 0 Å². The average molecular weight is 500 g/mol. The van der Waals surface area contributed by atoms with E-state index in [1.165, 1.54) is 33.9 Å². The van der Waals surface area contributed by atoms with E-state index in [4.69, 9.17) is 19.3 Å². The van der Waals surface area contributed by atoms with Crippen LogP contribution in [0.5, 0.6) is 11.5 Å². The average Bonchev–Trinajstić information content (AvgIpc) is 2.71. The first-order chi connectivity index (χ1) is 16.4. The van der Waals surface area contributed by atoms with Gasteiger partial charge in [0.25, 0.3) is 0 Å². The molecule has 0 aliphatic rings. The molecule has 0 radical (unpaired) electrons. The van der Waals surface area contributed by atoms with Gasteiger partial charge in [0.1, 0.15) is 35.4 Å². The smallest absolute Gasteiger partial charge is 0.342 e. The third-order valence-corrected chi connectivity index (χ3v) is 4.62. The lowest BCUT2D eigenvalue weighted by molar-refractivity contribution is -0.157. The number of hydrogen-bond acceptors (Lipinski definition) is 12. The lowest BCUT2D eigenvalue weighted by atomic mass is 10.00. The van der Waals surface area contributed by atoms with Crippen LogP contribution in [0.3, 0.4) is 0 Å². The molecule has 0 amide bonds. The zero-order chi connectivity index (χ0) is 26.7. The molecule has 0 spiro atoms. The Morgan fingerprint density at radius 3 is 1.97 bits per heavy atom. The van der Waals surface area contributed by atoms with E-state index in [0.29, 0.717) is 0 Å². The quantitative estimate of drug-likeness (QED) is 0.220. The van der Waals surface area contributed by atoms with Gasteiger partial charge in [-0.15, -0.1) is 0 Å². The Hall–Kier alpha value is -3.38. The molecular weight excluding hydrogens is 468 g/mol. The summed E-state index contributed by atoms with van der Waals surface area (Å²) >= 11 is 0. The number of aromatic hydroxyl groups is 2. The van der Waals surface area contributed by atoms with Crippen LogP contribution in [-0.4, -0.2) is 82.4 Å². The molecule has 196 valence electrons. The van der Waals surface area contributed by atoms with Crippen molar-refractivity contribution < 1.29 is 58.6 Å².